The van der Waals surface area contributed by atoms with Crippen LogP contribution in [0.2, 0.25) is 5.02 Å². The fraction of sp³-hybridized carbons (Fsp3) is 0.167. The van der Waals surface area contributed by atoms with Crippen LogP contribution in [-0.4, -0.2) is 32.4 Å². The van der Waals surface area contributed by atoms with Gasteiger partial charge in [0.1, 0.15) is 11.5 Å². The molecule has 7 heteroatoms. The molecule has 1 aliphatic rings. The third kappa shape index (κ3) is 4.34. The van der Waals surface area contributed by atoms with Crippen molar-refractivity contribution in [1.29, 1.82) is 0 Å². The predicted molar refractivity (Wildman–Crippen MR) is 124 cm³/mol. The van der Waals surface area contributed by atoms with Crippen molar-refractivity contribution >= 4 is 28.8 Å². The second kappa shape index (κ2) is 9.10. The summed E-state index contributed by atoms with van der Waals surface area (Å²) in [7, 11) is 3.22. The fourth-order valence-corrected chi connectivity index (χ4v) is 3.44. The van der Waals surface area contributed by atoms with Crippen LogP contribution in [0.3, 0.4) is 0 Å². The number of benzene rings is 3. The minimum Gasteiger partial charge on any atom is -0.494 e. The number of halogens is 1. The van der Waals surface area contributed by atoms with Gasteiger partial charge in [0.15, 0.2) is 17.3 Å². The maximum absolute atomic E-state index is 6.04. The molecule has 158 valence electrons. The minimum atomic E-state index is 0.569. The molecule has 3 aromatic rings. The zero-order valence-electron chi connectivity index (χ0n) is 17.5. The molecule has 0 fully saturated rings. The van der Waals surface area contributed by atoms with Crippen molar-refractivity contribution in [2.45, 2.75) is 6.92 Å². The number of fused-ring (bicyclic) bond motifs is 1. The first-order valence-electron chi connectivity index (χ1n) is 9.81. The van der Waals surface area contributed by atoms with E-state index < -0.39 is 0 Å². The normalized spacial score (nSPS) is 12.6. The summed E-state index contributed by atoms with van der Waals surface area (Å²) in [4.78, 5) is 4.83. The zero-order valence-corrected chi connectivity index (χ0v) is 18.2. The van der Waals surface area contributed by atoms with E-state index in [4.69, 9.17) is 35.9 Å². The highest BCUT2D eigenvalue weighted by molar-refractivity contribution is 6.30. The van der Waals surface area contributed by atoms with Crippen LogP contribution in [0.25, 0.3) is 0 Å². The Balaban J connectivity index is 1.85. The Kier molecular flexibility index (Phi) is 6.09. The number of ether oxygens (including phenoxy) is 3. The lowest BCUT2D eigenvalue weighted by molar-refractivity contribution is 0.340. The number of amidine groups is 1. The smallest absolute Gasteiger partial charge is 0.161 e. The molecule has 0 saturated heterocycles. The third-order valence-corrected chi connectivity index (χ3v) is 5.07. The summed E-state index contributed by atoms with van der Waals surface area (Å²) >= 11 is 6.04. The average Bonchev–Trinajstić information content (AvgIpc) is 2.99. The van der Waals surface area contributed by atoms with Gasteiger partial charge >= 0.3 is 0 Å². The highest BCUT2D eigenvalue weighted by Crippen LogP contribution is 2.33. The lowest BCUT2D eigenvalue weighted by atomic mass is 10.00. The number of hydrazone groups is 1. The molecular formula is C24H22ClN3O3. The molecule has 0 aromatic heterocycles. The molecule has 6 nitrogen and oxygen atoms in total. The molecule has 0 radical (unpaired) electrons. The highest BCUT2D eigenvalue weighted by Gasteiger charge is 2.20. The Morgan fingerprint density at radius 1 is 0.871 bits per heavy atom. The second-order valence-electron chi connectivity index (χ2n) is 6.72. The molecule has 1 N–H and O–H groups in total. The van der Waals surface area contributed by atoms with Crippen LogP contribution in [-0.2, 0) is 0 Å². The monoisotopic (exact) mass is 435 g/mol. The lowest BCUT2D eigenvalue weighted by Gasteiger charge is -2.13. The molecule has 0 aliphatic carbocycles. The first-order chi connectivity index (χ1) is 15.1. The maximum atomic E-state index is 6.04. The fourth-order valence-electron chi connectivity index (χ4n) is 3.31. The van der Waals surface area contributed by atoms with Crippen LogP contribution >= 0.6 is 11.6 Å². The van der Waals surface area contributed by atoms with E-state index in [1.807, 2.05) is 67.6 Å². The van der Waals surface area contributed by atoms with Gasteiger partial charge in [0.25, 0.3) is 0 Å². The minimum absolute atomic E-state index is 0.569. The SMILES string of the molecule is CCOc1ccc2c(c1)C(c1ccc(OC)c(OC)c1)=NNC(c1ccc(Cl)cc1)=N2. The summed E-state index contributed by atoms with van der Waals surface area (Å²) in [5.41, 5.74) is 7.17. The Bertz CT molecular complexity index is 1160. The quantitative estimate of drug-likeness (QED) is 0.578. The van der Waals surface area contributed by atoms with Gasteiger partial charge in [-0.1, -0.05) is 11.6 Å². The Hall–Kier alpha value is -3.51. The predicted octanol–water partition coefficient (Wildman–Crippen LogP) is 5.19. The Morgan fingerprint density at radius 2 is 1.61 bits per heavy atom. The van der Waals surface area contributed by atoms with E-state index in [9.17, 15) is 0 Å². The van der Waals surface area contributed by atoms with E-state index in [1.54, 1.807) is 14.2 Å². The van der Waals surface area contributed by atoms with Crippen LogP contribution < -0.4 is 19.6 Å². The standard InChI is InChI=1S/C24H22ClN3O3/c1-4-31-18-10-11-20-19(14-18)23(16-7-12-21(29-2)22(13-16)30-3)27-28-24(26-20)15-5-8-17(25)9-6-15/h5-14H,4H2,1-3H3,(H,26,28). The first kappa shape index (κ1) is 20.8. The van der Waals surface area contributed by atoms with Gasteiger partial charge in [-0.2, -0.15) is 5.10 Å². The van der Waals surface area contributed by atoms with E-state index >= 15 is 0 Å². The molecule has 4 rings (SSSR count). The van der Waals surface area contributed by atoms with Crippen LogP contribution in [0.15, 0.2) is 70.8 Å². The molecule has 31 heavy (non-hydrogen) atoms. The summed E-state index contributed by atoms with van der Waals surface area (Å²) in [6.07, 6.45) is 0. The number of aliphatic imine (C=N–C) groups is 1. The van der Waals surface area contributed by atoms with Gasteiger partial charge < -0.3 is 14.2 Å². The van der Waals surface area contributed by atoms with Crippen LogP contribution in [0.1, 0.15) is 23.6 Å². The summed E-state index contributed by atoms with van der Waals surface area (Å²) < 4.78 is 16.6. The van der Waals surface area contributed by atoms with Crippen molar-refractivity contribution in [3.05, 3.63) is 82.4 Å². The average molecular weight is 436 g/mol. The molecule has 0 unspecified atom stereocenters. The van der Waals surface area contributed by atoms with Gasteiger partial charge in [-0.05, 0) is 67.6 Å². The number of hydrogen-bond donors (Lipinski definition) is 1. The summed E-state index contributed by atoms with van der Waals surface area (Å²) in [5.74, 6) is 2.64. The van der Waals surface area contributed by atoms with Gasteiger partial charge in [0.2, 0.25) is 0 Å². The van der Waals surface area contributed by atoms with Crippen LogP contribution in [0.4, 0.5) is 5.69 Å². The molecule has 0 bridgehead atoms. The molecule has 0 spiro atoms. The van der Waals surface area contributed by atoms with Crippen molar-refractivity contribution in [3.8, 4) is 17.2 Å². The van der Waals surface area contributed by atoms with E-state index in [0.717, 1.165) is 28.1 Å². The Labute approximate surface area is 186 Å². The summed E-state index contributed by atoms with van der Waals surface area (Å²) in [6.45, 7) is 2.52. The van der Waals surface area contributed by atoms with E-state index in [1.165, 1.54) is 0 Å². The first-order valence-corrected chi connectivity index (χ1v) is 10.2. The van der Waals surface area contributed by atoms with Gasteiger partial charge in [-0.15, -0.1) is 0 Å². The van der Waals surface area contributed by atoms with Gasteiger partial charge in [-0.3, -0.25) is 5.43 Å². The van der Waals surface area contributed by atoms with Gasteiger partial charge in [-0.25, -0.2) is 4.99 Å². The number of hydrogen-bond acceptors (Lipinski definition) is 6. The zero-order chi connectivity index (χ0) is 21.8. The lowest BCUT2D eigenvalue weighted by Crippen LogP contribution is -2.19. The third-order valence-electron chi connectivity index (χ3n) is 4.81. The number of rotatable bonds is 6. The van der Waals surface area contributed by atoms with Crippen molar-refractivity contribution in [2.75, 3.05) is 20.8 Å². The van der Waals surface area contributed by atoms with E-state index in [0.29, 0.717) is 34.7 Å². The van der Waals surface area contributed by atoms with Crippen LogP contribution in [0, 0.1) is 0 Å². The number of methoxy groups -OCH3 is 2. The Morgan fingerprint density at radius 3 is 2.32 bits per heavy atom. The van der Waals surface area contributed by atoms with Crippen molar-refractivity contribution < 1.29 is 14.2 Å². The van der Waals surface area contributed by atoms with E-state index in [-0.39, 0.29) is 0 Å². The summed E-state index contributed by atoms with van der Waals surface area (Å²) in [5, 5.41) is 5.36. The molecule has 0 amide bonds. The van der Waals surface area contributed by atoms with Gasteiger partial charge in [0, 0.05) is 21.7 Å². The van der Waals surface area contributed by atoms with Crippen molar-refractivity contribution in [1.82, 2.24) is 5.43 Å². The van der Waals surface area contributed by atoms with Crippen molar-refractivity contribution in [3.63, 3.8) is 0 Å². The van der Waals surface area contributed by atoms with Crippen molar-refractivity contribution in [2.24, 2.45) is 10.1 Å². The number of nitrogens with zero attached hydrogens (tertiary/aromatic N) is 2. The molecule has 0 saturated carbocycles. The summed E-state index contributed by atoms with van der Waals surface area (Å²) in [6, 6.07) is 18.9. The number of nitrogens with one attached hydrogen (secondary N) is 1. The highest BCUT2D eigenvalue weighted by atomic mass is 35.5. The largest absolute Gasteiger partial charge is 0.494 e. The van der Waals surface area contributed by atoms with E-state index in [2.05, 4.69) is 5.43 Å². The molecule has 1 aliphatic heterocycles. The maximum Gasteiger partial charge on any atom is 0.161 e. The van der Waals surface area contributed by atoms with Gasteiger partial charge in [0.05, 0.1) is 26.5 Å². The topological polar surface area (TPSA) is 64.4 Å². The second-order valence-corrected chi connectivity index (χ2v) is 7.16. The molecule has 0 atom stereocenters. The molecular weight excluding hydrogens is 414 g/mol. The molecule has 3 aromatic carbocycles. The molecule has 1 heterocycles. The van der Waals surface area contributed by atoms with Crippen LogP contribution in [0.5, 0.6) is 17.2 Å².